The molecule has 4 nitrogen and oxygen atoms in total. The van der Waals surface area contributed by atoms with Gasteiger partial charge in [-0.25, -0.2) is 9.37 Å². The fourth-order valence-corrected chi connectivity index (χ4v) is 4.18. The second-order valence-corrected chi connectivity index (χ2v) is 7.37. The van der Waals surface area contributed by atoms with E-state index in [0.29, 0.717) is 21.8 Å². The van der Waals surface area contributed by atoms with Gasteiger partial charge in [0.2, 0.25) is 0 Å². The van der Waals surface area contributed by atoms with Crippen molar-refractivity contribution in [2.45, 2.75) is 13.5 Å². The highest BCUT2D eigenvalue weighted by Gasteiger charge is 2.18. The molecule has 4 rings (SSSR count). The second-order valence-electron chi connectivity index (χ2n) is 6.51. The van der Waals surface area contributed by atoms with E-state index in [2.05, 4.69) is 0 Å². The van der Waals surface area contributed by atoms with Crippen LogP contribution in [0.1, 0.15) is 5.56 Å². The lowest BCUT2D eigenvalue weighted by Crippen LogP contribution is -2.24. The number of alkyl halides is 1. The molecular formula is C22H19FN2O2S. The van der Waals surface area contributed by atoms with E-state index in [1.54, 1.807) is 7.11 Å². The molecule has 0 bridgehead atoms. The molecule has 0 saturated heterocycles. The van der Waals surface area contributed by atoms with Gasteiger partial charge >= 0.3 is 0 Å². The van der Waals surface area contributed by atoms with Crippen molar-refractivity contribution in [3.8, 4) is 28.3 Å². The molecule has 28 heavy (non-hydrogen) atoms. The van der Waals surface area contributed by atoms with E-state index in [0.717, 1.165) is 22.3 Å². The number of benzene rings is 2. The summed E-state index contributed by atoms with van der Waals surface area (Å²) in [5.41, 5.74) is 3.35. The number of methoxy groups -OCH3 is 1. The molecule has 4 aromatic rings. The molecular weight excluding hydrogens is 375 g/mol. The lowest BCUT2D eigenvalue weighted by molar-refractivity contribution is 0.415. The summed E-state index contributed by atoms with van der Waals surface area (Å²) in [4.78, 5) is 18.7. The molecule has 2 heterocycles. The predicted octanol–water partition coefficient (Wildman–Crippen LogP) is 5.08. The quantitative estimate of drug-likeness (QED) is 0.474. The van der Waals surface area contributed by atoms with Crippen LogP contribution in [0, 0.1) is 6.92 Å². The SMILES string of the molecule is COc1cccc(-c2csc3nc(-c4ccc(C)cc4)n(CCF)c(=O)c23)c1. The maximum atomic E-state index is 13.3. The maximum absolute atomic E-state index is 13.3. The van der Waals surface area contributed by atoms with E-state index in [9.17, 15) is 9.18 Å². The van der Waals surface area contributed by atoms with Crippen molar-refractivity contribution in [3.63, 3.8) is 0 Å². The lowest BCUT2D eigenvalue weighted by Gasteiger charge is -2.12. The Bertz CT molecular complexity index is 1200. The monoisotopic (exact) mass is 394 g/mol. The van der Waals surface area contributed by atoms with Crippen LogP contribution < -0.4 is 10.3 Å². The molecule has 0 radical (unpaired) electrons. The van der Waals surface area contributed by atoms with E-state index in [1.165, 1.54) is 15.9 Å². The predicted molar refractivity (Wildman–Crippen MR) is 112 cm³/mol. The molecule has 0 N–H and O–H groups in total. The Labute approximate surface area is 165 Å². The molecule has 0 aliphatic carbocycles. The number of rotatable bonds is 5. The minimum atomic E-state index is -0.634. The van der Waals surface area contributed by atoms with Crippen LogP contribution in [0.15, 0.2) is 58.7 Å². The first-order chi connectivity index (χ1) is 13.6. The maximum Gasteiger partial charge on any atom is 0.263 e. The average Bonchev–Trinajstić information content (AvgIpc) is 3.15. The second kappa shape index (κ2) is 7.56. The van der Waals surface area contributed by atoms with Crippen LogP contribution in [0.2, 0.25) is 0 Å². The summed E-state index contributed by atoms with van der Waals surface area (Å²) in [5.74, 6) is 1.21. The number of ether oxygens (including phenoxy) is 1. The van der Waals surface area contributed by atoms with Crippen LogP contribution in [-0.2, 0) is 6.54 Å². The van der Waals surface area contributed by atoms with E-state index in [4.69, 9.17) is 9.72 Å². The fourth-order valence-electron chi connectivity index (χ4n) is 3.24. The number of aryl methyl sites for hydroxylation is 1. The van der Waals surface area contributed by atoms with Gasteiger partial charge in [0.1, 0.15) is 23.1 Å². The van der Waals surface area contributed by atoms with Gasteiger partial charge in [-0.3, -0.25) is 9.36 Å². The highest BCUT2D eigenvalue weighted by atomic mass is 32.1. The highest BCUT2D eigenvalue weighted by molar-refractivity contribution is 7.17. The van der Waals surface area contributed by atoms with Crippen LogP contribution in [0.25, 0.3) is 32.7 Å². The molecule has 0 spiro atoms. The van der Waals surface area contributed by atoms with Gasteiger partial charge in [-0.05, 0) is 24.6 Å². The van der Waals surface area contributed by atoms with E-state index >= 15 is 0 Å². The molecule has 0 atom stereocenters. The zero-order valence-corrected chi connectivity index (χ0v) is 16.4. The number of thiophene rings is 1. The molecule has 0 aliphatic heterocycles. The highest BCUT2D eigenvalue weighted by Crippen LogP contribution is 2.33. The fraction of sp³-hybridized carbons (Fsp3) is 0.182. The van der Waals surface area contributed by atoms with Crippen LogP contribution in [0.3, 0.4) is 0 Å². The Hall–Kier alpha value is -2.99. The molecule has 0 saturated carbocycles. The van der Waals surface area contributed by atoms with E-state index in [-0.39, 0.29) is 12.1 Å². The minimum Gasteiger partial charge on any atom is -0.497 e. The molecule has 0 fully saturated rings. The summed E-state index contributed by atoms with van der Waals surface area (Å²) in [6, 6.07) is 15.3. The first-order valence-electron chi connectivity index (χ1n) is 8.92. The zero-order valence-electron chi connectivity index (χ0n) is 15.6. The minimum absolute atomic E-state index is 0.0294. The van der Waals surface area contributed by atoms with Crippen molar-refractivity contribution in [1.82, 2.24) is 9.55 Å². The summed E-state index contributed by atoms with van der Waals surface area (Å²) in [6.07, 6.45) is 0. The Morgan fingerprint density at radius 2 is 1.93 bits per heavy atom. The van der Waals surface area contributed by atoms with Gasteiger partial charge in [-0.1, -0.05) is 42.0 Å². The van der Waals surface area contributed by atoms with Crippen molar-refractivity contribution >= 4 is 21.6 Å². The van der Waals surface area contributed by atoms with Crippen molar-refractivity contribution < 1.29 is 9.13 Å². The Morgan fingerprint density at radius 1 is 1.14 bits per heavy atom. The number of nitrogens with zero attached hydrogens (tertiary/aromatic N) is 2. The molecule has 2 aromatic heterocycles. The van der Waals surface area contributed by atoms with Crippen LogP contribution in [-0.4, -0.2) is 23.3 Å². The van der Waals surface area contributed by atoms with Crippen LogP contribution in [0.5, 0.6) is 5.75 Å². The third-order valence-electron chi connectivity index (χ3n) is 4.69. The molecule has 0 aliphatic rings. The Balaban J connectivity index is 1.97. The molecule has 6 heteroatoms. The van der Waals surface area contributed by atoms with Gasteiger partial charge in [0.25, 0.3) is 5.56 Å². The first kappa shape index (κ1) is 18.4. The van der Waals surface area contributed by atoms with Crippen LogP contribution >= 0.6 is 11.3 Å². The smallest absolute Gasteiger partial charge is 0.263 e. The molecule has 2 aromatic carbocycles. The van der Waals surface area contributed by atoms with E-state index in [1.807, 2.05) is 60.8 Å². The van der Waals surface area contributed by atoms with Gasteiger partial charge in [0.05, 0.1) is 19.0 Å². The van der Waals surface area contributed by atoms with Gasteiger partial charge in [0, 0.05) is 16.5 Å². The number of fused-ring (bicyclic) bond motifs is 1. The summed E-state index contributed by atoms with van der Waals surface area (Å²) in [7, 11) is 1.61. The largest absolute Gasteiger partial charge is 0.497 e. The topological polar surface area (TPSA) is 44.1 Å². The Morgan fingerprint density at radius 3 is 2.64 bits per heavy atom. The number of halogens is 1. The van der Waals surface area contributed by atoms with Crippen molar-refractivity contribution in [2.24, 2.45) is 0 Å². The third kappa shape index (κ3) is 3.20. The lowest BCUT2D eigenvalue weighted by atomic mass is 10.1. The summed E-state index contributed by atoms with van der Waals surface area (Å²) in [5, 5.41) is 2.44. The Kier molecular flexibility index (Phi) is 4.96. The molecule has 0 amide bonds. The average molecular weight is 394 g/mol. The summed E-state index contributed by atoms with van der Waals surface area (Å²) < 4.78 is 20.0. The summed E-state index contributed by atoms with van der Waals surface area (Å²) in [6.45, 7) is 1.33. The summed E-state index contributed by atoms with van der Waals surface area (Å²) >= 11 is 1.42. The standard InChI is InChI=1S/C22H19FN2O2S/c1-14-6-8-15(9-7-14)20-24-21-19(22(26)25(20)11-10-23)18(13-28-21)16-4-3-5-17(12-16)27-2/h3-9,12-13H,10-11H2,1-2H3. The van der Waals surface area contributed by atoms with Gasteiger partial charge in [0.15, 0.2) is 0 Å². The van der Waals surface area contributed by atoms with Crippen molar-refractivity contribution in [1.29, 1.82) is 0 Å². The van der Waals surface area contributed by atoms with Gasteiger partial charge in [-0.2, -0.15) is 0 Å². The number of hydrogen-bond acceptors (Lipinski definition) is 4. The third-order valence-corrected chi connectivity index (χ3v) is 5.56. The number of aromatic nitrogens is 2. The number of hydrogen-bond donors (Lipinski definition) is 0. The van der Waals surface area contributed by atoms with Gasteiger partial charge < -0.3 is 4.74 Å². The molecule has 0 unspecified atom stereocenters. The van der Waals surface area contributed by atoms with Crippen molar-refractivity contribution in [3.05, 3.63) is 69.8 Å². The van der Waals surface area contributed by atoms with Crippen LogP contribution in [0.4, 0.5) is 4.39 Å². The molecule has 142 valence electrons. The first-order valence-corrected chi connectivity index (χ1v) is 9.80. The normalized spacial score (nSPS) is 11.1. The van der Waals surface area contributed by atoms with E-state index < -0.39 is 6.67 Å². The van der Waals surface area contributed by atoms with Gasteiger partial charge in [-0.15, -0.1) is 11.3 Å². The zero-order chi connectivity index (χ0) is 19.7. The van der Waals surface area contributed by atoms with Crippen molar-refractivity contribution in [2.75, 3.05) is 13.8 Å².